The van der Waals surface area contributed by atoms with Crippen molar-refractivity contribution in [1.82, 2.24) is 0 Å². The first-order valence-electron chi connectivity index (χ1n) is 8.66. The fraction of sp³-hybridized carbons (Fsp3) is 1.00. The maximum atomic E-state index is 2.54. The molecule has 0 nitrogen and oxygen atoms in total. The zero-order valence-electron chi connectivity index (χ0n) is 13.0. The highest BCUT2D eigenvalue weighted by Gasteiger charge is 2.27. The average molecular weight is 250 g/mol. The summed E-state index contributed by atoms with van der Waals surface area (Å²) in [5, 5.41) is 0. The van der Waals surface area contributed by atoms with Gasteiger partial charge in [0.2, 0.25) is 0 Å². The molecule has 18 heavy (non-hydrogen) atoms. The van der Waals surface area contributed by atoms with Crippen LogP contribution in [0.2, 0.25) is 0 Å². The van der Waals surface area contributed by atoms with Crippen molar-refractivity contribution in [2.24, 2.45) is 29.6 Å². The highest BCUT2D eigenvalue weighted by atomic mass is 14.3. The van der Waals surface area contributed by atoms with Crippen molar-refractivity contribution >= 4 is 0 Å². The third-order valence-electron chi connectivity index (χ3n) is 6.06. The second-order valence-corrected chi connectivity index (χ2v) is 7.61. The molecule has 0 N–H and O–H groups in total. The van der Waals surface area contributed by atoms with Crippen molar-refractivity contribution in [3.8, 4) is 0 Å². The minimum atomic E-state index is 0.981. The van der Waals surface area contributed by atoms with Crippen molar-refractivity contribution in [2.45, 2.75) is 85.0 Å². The van der Waals surface area contributed by atoms with Crippen molar-refractivity contribution in [3.05, 3.63) is 0 Å². The van der Waals surface area contributed by atoms with Crippen LogP contribution < -0.4 is 0 Å². The van der Waals surface area contributed by atoms with E-state index in [0.717, 1.165) is 29.6 Å². The lowest BCUT2D eigenvalue weighted by atomic mass is 9.71. The van der Waals surface area contributed by atoms with E-state index < -0.39 is 0 Å². The van der Waals surface area contributed by atoms with Crippen molar-refractivity contribution < 1.29 is 0 Å². The van der Waals surface area contributed by atoms with E-state index in [1.165, 1.54) is 64.2 Å². The van der Waals surface area contributed by atoms with Crippen molar-refractivity contribution in [3.63, 3.8) is 0 Å². The van der Waals surface area contributed by atoms with Gasteiger partial charge >= 0.3 is 0 Å². The summed E-state index contributed by atoms with van der Waals surface area (Å²) in [5.41, 5.74) is 0. The molecule has 0 saturated heterocycles. The molecule has 2 atom stereocenters. The summed E-state index contributed by atoms with van der Waals surface area (Å²) >= 11 is 0. The molecule has 0 aromatic carbocycles. The molecular formula is C18H34. The van der Waals surface area contributed by atoms with Crippen LogP contribution in [0.5, 0.6) is 0 Å². The minimum Gasteiger partial charge on any atom is -0.0625 e. The van der Waals surface area contributed by atoms with Gasteiger partial charge in [-0.3, -0.25) is 0 Å². The molecule has 0 amide bonds. The van der Waals surface area contributed by atoms with Gasteiger partial charge in [-0.1, -0.05) is 65.7 Å². The Morgan fingerprint density at radius 1 is 0.722 bits per heavy atom. The standard InChI is InChI=1S/C18H34/c1-14-9-11-18(12-10-14)16(3)13-15(2)17-7-5-4-6-8-17/h14-18H,4-13H2,1-3H3. The van der Waals surface area contributed by atoms with Crippen LogP contribution >= 0.6 is 0 Å². The predicted octanol–water partition coefficient (Wildman–Crippen LogP) is 6.06. The Balaban J connectivity index is 1.73. The van der Waals surface area contributed by atoms with E-state index in [-0.39, 0.29) is 0 Å². The molecule has 2 aliphatic carbocycles. The Labute approximate surface area is 115 Å². The third kappa shape index (κ3) is 4.00. The molecule has 2 unspecified atom stereocenters. The smallest absolute Gasteiger partial charge is 0.0388 e. The minimum absolute atomic E-state index is 0.981. The second kappa shape index (κ2) is 6.96. The number of hydrogen-bond acceptors (Lipinski definition) is 0. The van der Waals surface area contributed by atoms with E-state index in [4.69, 9.17) is 0 Å². The van der Waals surface area contributed by atoms with Crippen LogP contribution in [-0.2, 0) is 0 Å². The molecule has 0 radical (unpaired) electrons. The molecule has 0 heterocycles. The lowest BCUT2D eigenvalue weighted by molar-refractivity contribution is 0.165. The summed E-state index contributed by atoms with van der Waals surface area (Å²) in [7, 11) is 0. The van der Waals surface area contributed by atoms with Gasteiger partial charge in [-0.2, -0.15) is 0 Å². The molecule has 0 bridgehead atoms. The maximum Gasteiger partial charge on any atom is -0.0388 e. The summed E-state index contributed by atoms with van der Waals surface area (Å²) in [6.07, 6.45) is 15.1. The van der Waals surface area contributed by atoms with Gasteiger partial charge in [-0.25, -0.2) is 0 Å². The summed E-state index contributed by atoms with van der Waals surface area (Å²) in [4.78, 5) is 0. The first kappa shape index (κ1) is 14.4. The van der Waals surface area contributed by atoms with Crippen LogP contribution in [0.3, 0.4) is 0 Å². The van der Waals surface area contributed by atoms with E-state index in [2.05, 4.69) is 20.8 Å². The Kier molecular flexibility index (Phi) is 5.57. The van der Waals surface area contributed by atoms with Crippen molar-refractivity contribution in [1.29, 1.82) is 0 Å². The van der Waals surface area contributed by atoms with Gasteiger partial charge in [-0.05, 0) is 48.9 Å². The number of hydrogen-bond donors (Lipinski definition) is 0. The van der Waals surface area contributed by atoms with E-state index in [1.54, 1.807) is 0 Å². The van der Waals surface area contributed by atoms with Crippen LogP contribution in [0.1, 0.15) is 85.0 Å². The van der Waals surface area contributed by atoms with Gasteiger partial charge in [0.1, 0.15) is 0 Å². The van der Waals surface area contributed by atoms with Crippen LogP contribution in [0.4, 0.5) is 0 Å². The summed E-state index contributed by atoms with van der Waals surface area (Å²) in [5.74, 6) is 5.08. The van der Waals surface area contributed by atoms with E-state index in [9.17, 15) is 0 Å². The Morgan fingerprint density at radius 3 is 1.78 bits per heavy atom. The van der Waals surface area contributed by atoms with E-state index in [0.29, 0.717) is 0 Å². The normalized spacial score (nSPS) is 34.2. The summed E-state index contributed by atoms with van der Waals surface area (Å²) < 4.78 is 0. The second-order valence-electron chi connectivity index (χ2n) is 7.61. The number of rotatable bonds is 4. The quantitative estimate of drug-likeness (QED) is 0.569. The Morgan fingerprint density at radius 2 is 1.22 bits per heavy atom. The monoisotopic (exact) mass is 250 g/mol. The lowest BCUT2D eigenvalue weighted by Crippen LogP contribution is -2.23. The SMILES string of the molecule is CC1CCC(C(C)CC(C)C2CCCCC2)CC1. The van der Waals surface area contributed by atoms with E-state index >= 15 is 0 Å². The average Bonchev–Trinajstić information content (AvgIpc) is 2.40. The molecule has 2 aliphatic rings. The molecular weight excluding hydrogens is 216 g/mol. The fourth-order valence-electron chi connectivity index (χ4n) is 4.53. The first-order valence-corrected chi connectivity index (χ1v) is 8.66. The van der Waals surface area contributed by atoms with Crippen molar-refractivity contribution in [2.75, 3.05) is 0 Å². The maximum absolute atomic E-state index is 2.54. The van der Waals surface area contributed by atoms with Crippen LogP contribution in [0.15, 0.2) is 0 Å². The molecule has 2 saturated carbocycles. The van der Waals surface area contributed by atoms with Crippen LogP contribution in [0.25, 0.3) is 0 Å². The molecule has 2 rings (SSSR count). The zero-order valence-corrected chi connectivity index (χ0v) is 13.0. The first-order chi connectivity index (χ1) is 8.66. The summed E-state index contributed by atoms with van der Waals surface area (Å²) in [6.45, 7) is 7.52. The van der Waals surface area contributed by atoms with Gasteiger partial charge in [0.15, 0.2) is 0 Å². The third-order valence-corrected chi connectivity index (χ3v) is 6.06. The summed E-state index contributed by atoms with van der Waals surface area (Å²) in [6, 6.07) is 0. The molecule has 0 heteroatoms. The van der Waals surface area contributed by atoms with Gasteiger partial charge in [0, 0.05) is 0 Å². The van der Waals surface area contributed by atoms with E-state index in [1.807, 2.05) is 0 Å². The Bertz CT molecular complexity index is 218. The molecule has 106 valence electrons. The van der Waals surface area contributed by atoms with Gasteiger partial charge in [0.25, 0.3) is 0 Å². The van der Waals surface area contributed by atoms with Gasteiger partial charge in [0.05, 0.1) is 0 Å². The van der Waals surface area contributed by atoms with Gasteiger partial charge in [-0.15, -0.1) is 0 Å². The fourth-order valence-corrected chi connectivity index (χ4v) is 4.53. The zero-order chi connectivity index (χ0) is 13.0. The van der Waals surface area contributed by atoms with Crippen LogP contribution in [-0.4, -0.2) is 0 Å². The largest absolute Gasteiger partial charge is 0.0625 e. The topological polar surface area (TPSA) is 0 Å². The highest BCUT2D eigenvalue weighted by molar-refractivity contribution is 4.78. The molecule has 0 aliphatic heterocycles. The highest BCUT2D eigenvalue weighted by Crippen LogP contribution is 2.39. The Hall–Kier alpha value is 0. The van der Waals surface area contributed by atoms with Gasteiger partial charge < -0.3 is 0 Å². The van der Waals surface area contributed by atoms with Crippen LogP contribution in [0, 0.1) is 29.6 Å². The molecule has 0 spiro atoms. The molecule has 2 fully saturated rings. The molecule has 0 aromatic heterocycles. The lowest BCUT2D eigenvalue weighted by Gasteiger charge is -2.35. The molecule has 0 aromatic rings. The predicted molar refractivity (Wildman–Crippen MR) is 80.6 cm³/mol.